The molecule has 0 fully saturated rings. The van der Waals surface area contributed by atoms with Gasteiger partial charge < -0.3 is 10.1 Å². The van der Waals surface area contributed by atoms with Crippen LogP contribution in [0.4, 0.5) is 0 Å². The van der Waals surface area contributed by atoms with Gasteiger partial charge in [0.15, 0.2) is 0 Å². The lowest BCUT2D eigenvalue weighted by molar-refractivity contribution is -0.145. The number of nitrogens with one attached hydrogen (secondary N) is 1. The van der Waals surface area contributed by atoms with Gasteiger partial charge in [0.1, 0.15) is 13.2 Å². The second-order valence-electron chi connectivity index (χ2n) is 7.37. The largest absolute Gasteiger partial charge is 0.460 e. The fourth-order valence-corrected chi connectivity index (χ4v) is 2.48. The minimum Gasteiger partial charge on any atom is -0.460 e. The summed E-state index contributed by atoms with van der Waals surface area (Å²) >= 11 is 0. The van der Waals surface area contributed by atoms with E-state index >= 15 is 0 Å². The molecule has 1 amide bonds. The van der Waals surface area contributed by atoms with Crippen LogP contribution in [0.5, 0.6) is 0 Å². The SMILES string of the molecule is CC(C)(C)c1ccc(CCC(=O)NCC(=O)OCc2ccccc2)cc1. The van der Waals surface area contributed by atoms with E-state index in [2.05, 4.69) is 50.4 Å². The van der Waals surface area contributed by atoms with Gasteiger partial charge in [0.25, 0.3) is 0 Å². The minimum atomic E-state index is -0.434. The van der Waals surface area contributed by atoms with Crippen molar-refractivity contribution in [2.45, 2.75) is 45.6 Å². The van der Waals surface area contributed by atoms with Gasteiger partial charge in [-0.25, -0.2) is 0 Å². The van der Waals surface area contributed by atoms with Gasteiger partial charge in [0.05, 0.1) is 0 Å². The Kier molecular flexibility index (Phi) is 6.96. The number of aryl methyl sites for hydroxylation is 1. The molecule has 0 heterocycles. The number of rotatable bonds is 7. The number of carbonyl (C=O) groups excluding carboxylic acids is 2. The molecule has 0 saturated carbocycles. The lowest BCUT2D eigenvalue weighted by atomic mass is 9.86. The van der Waals surface area contributed by atoms with E-state index < -0.39 is 5.97 Å². The average molecular weight is 353 g/mol. The van der Waals surface area contributed by atoms with Crippen LogP contribution in [0.2, 0.25) is 0 Å². The van der Waals surface area contributed by atoms with Crippen LogP contribution < -0.4 is 5.32 Å². The standard InChI is InChI=1S/C22H27NO3/c1-22(2,3)19-12-9-17(10-13-19)11-14-20(24)23-15-21(25)26-16-18-7-5-4-6-8-18/h4-10,12-13H,11,14-16H2,1-3H3,(H,23,24). The monoisotopic (exact) mass is 353 g/mol. The van der Waals surface area contributed by atoms with Crippen molar-refractivity contribution in [3.05, 3.63) is 71.3 Å². The van der Waals surface area contributed by atoms with Crippen LogP contribution in [0.3, 0.4) is 0 Å². The molecule has 0 aliphatic carbocycles. The van der Waals surface area contributed by atoms with Crippen molar-refractivity contribution >= 4 is 11.9 Å². The van der Waals surface area contributed by atoms with Gasteiger partial charge in [-0.2, -0.15) is 0 Å². The second-order valence-corrected chi connectivity index (χ2v) is 7.37. The highest BCUT2D eigenvalue weighted by molar-refractivity contribution is 5.82. The summed E-state index contributed by atoms with van der Waals surface area (Å²) < 4.78 is 5.13. The molecule has 0 aliphatic rings. The van der Waals surface area contributed by atoms with Crippen LogP contribution in [0, 0.1) is 0 Å². The van der Waals surface area contributed by atoms with Crippen LogP contribution >= 0.6 is 0 Å². The molecule has 4 heteroatoms. The summed E-state index contributed by atoms with van der Waals surface area (Å²) in [7, 11) is 0. The van der Waals surface area contributed by atoms with Crippen molar-refractivity contribution in [2.24, 2.45) is 0 Å². The molecule has 0 saturated heterocycles. The highest BCUT2D eigenvalue weighted by atomic mass is 16.5. The van der Waals surface area contributed by atoms with Crippen molar-refractivity contribution in [2.75, 3.05) is 6.54 Å². The molecule has 0 bridgehead atoms. The van der Waals surface area contributed by atoms with Crippen LogP contribution in [-0.4, -0.2) is 18.4 Å². The molecule has 0 unspecified atom stereocenters. The summed E-state index contributed by atoms with van der Waals surface area (Å²) in [5.74, 6) is -0.585. The summed E-state index contributed by atoms with van der Waals surface area (Å²) in [6.07, 6.45) is 0.996. The molecule has 138 valence electrons. The maximum absolute atomic E-state index is 11.9. The first-order chi connectivity index (χ1) is 12.3. The highest BCUT2D eigenvalue weighted by Crippen LogP contribution is 2.22. The Morgan fingerprint density at radius 2 is 1.58 bits per heavy atom. The van der Waals surface area contributed by atoms with E-state index in [0.717, 1.165) is 11.1 Å². The Bertz CT molecular complexity index is 715. The van der Waals surface area contributed by atoms with Crippen molar-refractivity contribution < 1.29 is 14.3 Å². The van der Waals surface area contributed by atoms with Crippen LogP contribution in [0.1, 0.15) is 43.9 Å². The predicted octanol–water partition coefficient (Wildman–Crippen LogP) is 3.78. The second kappa shape index (κ2) is 9.18. The van der Waals surface area contributed by atoms with Crippen molar-refractivity contribution in [3.8, 4) is 0 Å². The Morgan fingerprint density at radius 3 is 2.19 bits per heavy atom. The molecule has 0 atom stereocenters. The average Bonchev–Trinajstić information content (AvgIpc) is 2.63. The highest BCUT2D eigenvalue weighted by Gasteiger charge is 2.13. The maximum Gasteiger partial charge on any atom is 0.325 e. The quantitative estimate of drug-likeness (QED) is 0.771. The zero-order valence-electron chi connectivity index (χ0n) is 15.7. The molecule has 0 radical (unpaired) electrons. The Balaban J connectivity index is 1.67. The molecular formula is C22H27NO3. The smallest absolute Gasteiger partial charge is 0.325 e. The third-order valence-electron chi connectivity index (χ3n) is 4.13. The molecule has 0 aromatic heterocycles. The van der Waals surface area contributed by atoms with E-state index in [1.165, 1.54) is 5.56 Å². The fourth-order valence-electron chi connectivity index (χ4n) is 2.48. The molecule has 0 aliphatic heterocycles. The summed E-state index contributed by atoms with van der Waals surface area (Å²) in [4.78, 5) is 23.6. The zero-order valence-corrected chi connectivity index (χ0v) is 15.7. The van der Waals surface area contributed by atoms with Gasteiger partial charge in [-0.3, -0.25) is 9.59 Å². The normalized spacial score (nSPS) is 11.0. The van der Waals surface area contributed by atoms with Crippen molar-refractivity contribution in [3.63, 3.8) is 0 Å². The Labute approximate surface area is 155 Å². The van der Waals surface area contributed by atoms with E-state index in [9.17, 15) is 9.59 Å². The van der Waals surface area contributed by atoms with Gasteiger partial charge in [-0.15, -0.1) is 0 Å². The topological polar surface area (TPSA) is 55.4 Å². The lowest BCUT2D eigenvalue weighted by Gasteiger charge is -2.19. The number of esters is 1. The van der Waals surface area contributed by atoms with Crippen molar-refractivity contribution in [1.29, 1.82) is 0 Å². The molecule has 2 aromatic carbocycles. The molecule has 26 heavy (non-hydrogen) atoms. The van der Waals surface area contributed by atoms with E-state index in [-0.39, 0.29) is 24.5 Å². The van der Waals surface area contributed by atoms with Crippen LogP contribution in [0.25, 0.3) is 0 Å². The predicted molar refractivity (Wildman–Crippen MR) is 103 cm³/mol. The van der Waals surface area contributed by atoms with Gasteiger partial charge in [-0.1, -0.05) is 75.4 Å². The molecular weight excluding hydrogens is 326 g/mol. The van der Waals surface area contributed by atoms with Gasteiger partial charge in [0, 0.05) is 6.42 Å². The van der Waals surface area contributed by atoms with Gasteiger partial charge in [-0.05, 0) is 28.5 Å². The Hall–Kier alpha value is -2.62. The van der Waals surface area contributed by atoms with Crippen molar-refractivity contribution in [1.82, 2.24) is 5.32 Å². The summed E-state index contributed by atoms with van der Waals surface area (Å²) in [6.45, 7) is 6.63. The molecule has 0 spiro atoms. The fraction of sp³-hybridized carbons (Fsp3) is 0.364. The van der Waals surface area contributed by atoms with E-state index in [1.807, 2.05) is 30.3 Å². The third kappa shape index (κ3) is 6.71. The number of amides is 1. The summed E-state index contributed by atoms with van der Waals surface area (Å²) in [6, 6.07) is 17.8. The minimum absolute atomic E-state index is 0.103. The van der Waals surface area contributed by atoms with E-state index in [4.69, 9.17) is 4.74 Å². The number of carbonyl (C=O) groups is 2. The summed E-state index contributed by atoms with van der Waals surface area (Å²) in [5, 5.41) is 2.61. The van der Waals surface area contributed by atoms with Crippen LogP contribution in [-0.2, 0) is 32.8 Å². The lowest BCUT2D eigenvalue weighted by Crippen LogP contribution is -2.30. The molecule has 2 aromatic rings. The number of hydrogen-bond acceptors (Lipinski definition) is 3. The first-order valence-corrected chi connectivity index (χ1v) is 8.90. The number of benzene rings is 2. The number of hydrogen-bond donors (Lipinski definition) is 1. The van der Waals surface area contributed by atoms with Gasteiger partial charge >= 0.3 is 5.97 Å². The zero-order chi connectivity index (χ0) is 19.0. The van der Waals surface area contributed by atoms with E-state index in [1.54, 1.807) is 0 Å². The molecule has 2 rings (SSSR count). The Morgan fingerprint density at radius 1 is 0.923 bits per heavy atom. The maximum atomic E-state index is 11.9. The van der Waals surface area contributed by atoms with Gasteiger partial charge in [0.2, 0.25) is 5.91 Å². The number of ether oxygens (including phenoxy) is 1. The summed E-state index contributed by atoms with van der Waals surface area (Å²) in [5.41, 5.74) is 3.42. The first kappa shape index (κ1) is 19.7. The first-order valence-electron chi connectivity index (χ1n) is 8.90. The molecule has 4 nitrogen and oxygen atoms in total. The van der Waals surface area contributed by atoms with Crippen LogP contribution in [0.15, 0.2) is 54.6 Å². The van der Waals surface area contributed by atoms with E-state index in [0.29, 0.717) is 12.8 Å². The molecule has 1 N–H and O–H groups in total. The third-order valence-corrected chi connectivity index (χ3v) is 4.13.